The molecule has 182 valence electrons. The Kier molecular flexibility index (Phi) is 7.15. The van der Waals surface area contributed by atoms with Gasteiger partial charge in [0.05, 0.1) is 6.61 Å². The third-order valence-electron chi connectivity index (χ3n) is 6.97. The number of carboxylic acid groups (broad SMARTS) is 1. The fraction of sp³-hybridized carbons (Fsp3) is 0.219. The molecule has 1 aliphatic carbocycles. The molecule has 5 rings (SSSR count). The lowest BCUT2D eigenvalue weighted by Crippen LogP contribution is -2.43. The van der Waals surface area contributed by atoms with Crippen LogP contribution in [-0.4, -0.2) is 41.7 Å². The Morgan fingerprint density at radius 1 is 0.917 bits per heavy atom. The molecule has 3 aromatic rings. The molecule has 4 heteroatoms. The SMILES string of the molecule is CCOc1ccc(C=CC(C(=O)O)N2CCC(=C3c4ccccc4C=Cc4ccccc43)CC2)cc1. The van der Waals surface area contributed by atoms with Crippen molar-refractivity contribution in [3.05, 3.63) is 112 Å². The molecule has 0 saturated carbocycles. The van der Waals surface area contributed by atoms with Crippen LogP contribution in [0, 0.1) is 0 Å². The quantitative estimate of drug-likeness (QED) is 0.338. The van der Waals surface area contributed by atoms with Gasteiger partial charge in [-0.1, -0.05) is 90.5 Å². The summed E-state index contributed by atoms with van der Waals surface area (Å²) in [6.45, 7) is 3.99. The van der Waals surface area contributed by atoms with Gasteiger partial charge in [0, 0.05) is 13.1 Å². The molecule has 4 nitrogen and oxygen atoms in total. The minimum Gasteiger partial charge on any atom is -0.494 e. The van der Waals surface area contributed by atoms with Gasteiger partial charge < -0.3 is 9.84 Å². The molecule has 1 aliphatic heterocycles. The Labute approximate surface area is 212 Å². The van der Waals surface area contributed by atoms with Crippen LogP contribution in [0.1, 0.15) is 47.6 Å². The van der Waals surface area contributed by atoms with Gasteiger partial charge in [-0.15, -0.1) is 0 Å². The summed E-state index contributed by atoms with van der Waals surface area (Å²) in [5, 5.41) is 10.00. The van der Waals surface area contributed by atoms with Crippen molar-refractivity contribution in [1.82, 2.24) is 4.90 Å². The minimum atomic E-state index is -0.817. The summed E-state index contributed by atoms with van der Waals surface area (Å²) in [5.74, 6) is 0.000499. The molecule has 1 saturated heterocycles. The summed E-state index contributed by atoms with van der Waals surface area (Å²) in [6, 6.07) is 24.2. The molecule has 0 bridgehead atoms. The van der Waals surface area contributed by atoms with E-state index in [1.807, 2.05) is 37.3 Å². The number of carbonyl (C=O) groups is 1. The molecular formula is C32H31NO3. The number of hydrogen-bond donors (Lipinski definition) is 1. The van der Waals surface area contributed by atoms with E-state index < -0.39 is 12.0 Å². The molecule has 3 aromatic carbocycles. The van der Waals surface area contributed by atoms with E-state index in [-0.39, 0.29) is 0 Å². The maximum atomic E-state index is 12.2. The van der Waals surface area contributed by atoms with E-state index in [0.29, 0.717) is 19.7 Å². The first kappa shape index (κ1) is 23.8. The minimum absolute atomic E-state index is 0.622. The van der Waals surface area contributed by atoms with Crippen LogP contribution in [0.15, 0.2) is 84.4 Å². The van der Waals surface area contributed by atoms with Gasteiger partial charge in [0.1, 0.15) is 11.8 Å². The largest absolute Gasteiger partial charge is 0.494 e. The predicted octanol–water partition coefficient (Wildman–Crippen LogP) is 6.63. The van der Waals surface area contributed by atoms with Crippen molar-refractivity contribution in [2.75, 3.05) is 19.7 Å². The van der Waals surface area contributed by atoms with E-state index in [1.165, 1.54) is 33.4 Å². The normalized spacial score (nSPS) is 16.4. The molecule has 0 amide bonds. The first-order chi connectivity index (χ1) is 17.6. The zero-order valence-electron chi connectivity index (χ0n) is 20.6. The van der Waals surface area contributed by atoms with E-state index in [1.54, 1.807) is 6.08 Å². The molecule has 1 N–H and O–H groups in total. The Bertz CT molecular complexity index is 1270. The fourth-order valence-corrected chi connectivity index (χ4v) is 5.17. The number of benzene rings is 3. The summed E-state index contributed by atoms with van der Waals surface area (Å²) in [7, 11) is 0. The molecule has 0 spiro atoms. The van der Waals surface area contributed by atoms with Gasteiger partial charge in [-0.3, -0.25) is 9.69 Å². The van der Waals surface area contributed by atoms with Crippen LogP contribution < -0.4 is 4.74 Å². The summed E-state index contributed by atoms with van der Waals surface area (Å²) < 4.78 is 5.50. The van der Waals surface area contributed by atoms with Crippen molar-refractivity contribution in [2.24, 2.45) is 0 Å². The van der Waals surface area contributed by atoms with Crippen molar-refractivity contribution in [1.29, 1.82) is 0 Å². The van der Waals surface area contributed by atoms with Crippen LogP contribution in [0.25, 0.3) is 23.8 Å². The van der Waals surface area contributed by atoms with Crippen LogP contribution in [-0.2, 0) is 4.79 Å². The topological polar surface area (TPSA) is 49.8 Å². The third kappa shape index (κ3) is 5.05. The molecular weight excluding hydrogens is 446 g/mol. The number of rotatable bonds is 6. The molecule has 1 atom stereocenters. The molecule has 0 radical (unpaired) electrons. The van der Waals surface area contributed by atoms with Crippen LogP contribution in [0.2, 0.25) is 0 Å². The van der Waals surface area contributed by atoms with Gasteiger partial charge in [-0.25, -0.2) is 0 Å². The molecule has 2 aliphatic rings. The average Bonchev–Trinajstić information content (AvgIpc) is 3.07. The smallest absolute Gasteiger partial charge is 0.324 e. The van der Waals surface area contributed by atoms with Crippen LogP contribution in [0.3, 0.4) is 0 Å². The van der Waals surface area contributed by atoms with Crippen molar-refractivity contribution < 1.29 is 14.6 Å². The zero-order chi connectivity index (χ0) is 24.9. The first-order valence-electron chi connectivity index (χ1n) is 12.6. The average molecular weight is 478 g/mol. The lowest BCUT2D eigenvalue weighted by atomic mass is 9.86. The van der Waals surface area contributed by atoms with E-state index in [0.717, 1.165) is 24.2 Å². The zero-order valence-corrected chi connectivity index (χ0v) is 20.6. The van der Waals surface area contributed by atoms with Crippen LogP contribution in [0.5, 0.6) is 5.75 Å². The van der Waals surface area contributed by atoms with Gasteiger partial charge in [-0.05, 0) is 65.3 Å². The van der Waals surface area contributed by atoms with Gasteiger partial charge in [0.25, 0.3) is 0 Å². The second kappa shape index (κ2) is 10.8. The monoisotopic (exact) mass is 477 g/mol. The maximum absolute atomic E-state index is 12.2. The molecule has 0 aromatic heterocycles. The molecule has 1 heterocycles. The summed E-state index contributed by atoms with van der Waals surface area (Å²) in [5.41, 5.74) is 8.63. The number of nitrogens with zero attached hydrogens (tertiary/aromatic N) is 1. The van der Waals surface area contributed by atoms with E-state index >= 15 is 0 Å². The maximum Gasteiger partial charge on any atom is 0.324 e. The third-order valence-corrected chi connectivity index (χ3v) is 6.97. The molecule has 1 unspecified atom stereocenters. The Morgan fingerprint density at radius 2 is 1.50 bits per heavy atom. The standard InChI is InChI=1S/C32H31NO3/c1-2-36-27-16-11-23(12-17-27)13-18-30(32(34)35)33-21-19-26(20-22-33)31-28-9-5-3-7-24(28)14-15-25-8-4-6-10-29(25)31/h3-18,30H,2,19-22H2,1H3,(H,34,35). The van der Waals surface area contributed by atoms with Crippen molar-refractivity contribution >= 4 is 29.8 Å². The predicted molar refractivity (Wildman–Crippen MR) is 147 cm³/mol. The van der Waals surface area contributed by atoms with Gasteiger partial charge in [-0.2, -0.15) is 0 Å². The Hall–Kier alpha value is -3.89. The van der Waals surface area contributed by atoms with Crippen LogP contribution in [0.4, 0.5) is 0 Å². The highest BCUT2D eigenvalue weighted by Crippen LogP contribution is 2.38. The highest BCUT2D eigenvalue weighted by molar-refractivity contribution is 5.95. The molecule has 36 heavy (non-hydrogen) atoms. The van der Waals surface area contributed by atoms with Crippen molar-refractivity contribution in [3.63, 3.8) is 0 Å². The van der Waals surface area contributed by atoms with E-state index in [2.05, 4.69) is 65.6 Å². The number of aliphatic carboxylic acids is 1. The summed E-state index contributed by atoms with van der Waals surface area (Å²) in [4.78, 5) is 14.3. The number of ether oxygens (including phenoxy) is 1. The van der Waals surface area contributed by atoms with Crippen molar-refractivity contribution in [2.45, 2.75) is 25.8 Å². The summed E-state index contributed by atoms with van der Waals surface area (Å²) >= 11 is 0. The van der Waals surface area contributed by atoms with Crippen LogP contribution >= 0.6 is 0 Å². The summed E-state index contributed by atoms with van der Waals surface area (Å²) in [6.07, 6.45) is 9.78. The molecule has 1 fully saturated rings. The first-order valence-corrected chi connectivity index (χ1v) is 12.6. The second-order valence-corrected chi connectivity index (χ2v) is 9.17. The number of piperidine rings is 1. The second-order valence-electron chi connectivity index (χ2n) is 9.17. The van der Waals surface area contributed by atoms with E-state index in [9.17, 15) is 9.90 Å². The van der Waals surface area contributed by atoms with Gasteiger partial charge >= 0.3 is 5.97 Å². The lowest BCUT2D eigenvalue weighted by molar-refractivity contribution is -0.141. The number of hydrogen-bond acceptors (Lipinski definition) is 3. The Balaban J connectivity index is 1.38. The number of likely N-dealkylation sites (tertiary alicyclic amines) is 1. The Morgan fingerprint density at radius 3 is 2.06 bits per heavy atom. The number of fused-ring (bicyclic) bond motifs is 2. The fourth-order valence-electron chi connectivity index (χ4n) is 5.17. The lowest BCUT2D eigenvalue weighted by Gasteiger charge is -2.33. The van der Waals surface area contributed by atoms with Gasteiger partial charge in [0.2, 0.25) is 0 Å². The van der Waals surface area contributed by atoms with Gasteiger partial charge in [0.15, 0.2) is 0 Å². The highest BCUT2D eigenvalue weighted by atomic mass is 16.5. The highest BCUT2D eigenvalue weighted by Gasteiger charge is 2.28. The van der Waals surface area contributed by atoms with E-state index in [4.69, 9.17) is 4.74 Å². The van der Waals surface area contributed by atoms with Crippen molar-refractivity contribution in [3.8, 4) is 5.75 Å². The number of carboxylic acids is 1.